The molecule has 0 aromatic heterocycles. The van der Waals surface area contributed by atoms with E-state index in [0.29, 0.717) is 5.56 Å². The molecule has 7 nitrogen and oxygen atoms in total. The molecule has 7 heteroatoms. The van der Waals surface area contributed by atoms with Crippen LogP contribution in [0.2, 0.25) is 0 Å². The van der Waals surface area contributed by atoms with Crippen molar-refractivity contribution in [2.75, 3.05) is 18.1 Å². The molecular weight excluding hydrogens is 228 g/mol. The summed E-state index contributed by atoms with van der Waals surface area (Å²) in [5.41, 5.74) is -0.0301. The number of carbonyl (C=O) groups excluding carboxylic acids is 1. The first-order valence-electron chi connectivity index (χ1n) is 4.93. The van der Waals surface area contributed by atoms with E-state index in [4.69, 9.17) is 4.74 Å². The Labute approximate surface area is 96.4 Å². The van der Waals surface area contributed by atoms with Crippen molar-refractivity contribution < 1.29 is 19.6 Å². The number of aromatic hydroxyl groups is 1. The van der Waals surface area contributed by atoms with E-state index in [0.717, 1.165) is 4.90 Å². The predicted molar refractivity (Wildman–Crippen MR) is 58.2 cm³/mol. The van der Waals surface area contributed by atoms with Gasteiger partial charge >= 0.3 is 11.8 Å². The zero-order valence-corrected chi connectivity index (χ0v) is 9.04. The third-order valence-electron chi connectivity index (χ3n) is 2.57. The fraction of sp³-hybridized carbons (Fsp3) is 0.300. The lowest BCUT2D eigenvalue weighted by molar-refractivity contribution is -0.385. The number of phenols is 1. The number of hydrogen-bond acceptors (Lipinski definition) is 5. The van der Waals surface area contributed by atoms with Crippen molar-refractivity contribution in [2.45, 2.75) is 6.92 Å². The van der Waals surface area contributed by atoms with Crippen LogP contribution in [0.15, 0.2) is 12.1 Å². The maximum atomic E-state index is 11.3. The SMILES string of the molecule is Cc1ccc(N2CCOC2=O)c([N+](=O)[O-])c1O. The Morgan fingerprint density at radius 1 is 1.53 bits per heavy atom. The minimum absolute atomic E-state index is 0.0561. The number of carbonyl (C=O) groups is 1. The van der Waals surface area contributed by atoms with E-state index in [1.54, 1.807) is 6.92 Å². The van der Waals surface area contributed by atoms with Gasteiger partial charge in [0, 0.05) is 0 Å². The van der Waals surface area contributed by atoms with Crippen LogP contribution in [0.4, 0.5) is 16.2 Å². The van der Waals surface area contributed by atoms with Crippen LogP contribution in [0.5, 0.6) is 5.75 Å². The van der Waals surface area contributed by atoms with Crippen LogP contribution in [0.25, 0.3) is 0 Å². The van der Waals surface area contributed by atoms with Crippen molar-refractivity contribution in [1.82, 2.24) is 0 Å². The van der Waals surface area contributed by atoms with Crippen molar-refractivity contribution in [3.8, 4) is 5.75 Å². The summed E-state index contributed by atoms with van der Waals surface area (Å²) in [6.07, 6.45) is -0.642. The summed E-state index contributed by atoms with van der Waals surface area (Å²) < 4.78 is 4.71. The lowest BCUT2D eigenvalue weighted by atomic mass is 10.1. The lowest BCUT2D eigenvalue weighted by Crippen LogP contribution is -2.24. The van der Waals surface area contributed by atoms with Gasteiger partial charge in [-0.2, -0.15) is 0 Å². The van der Waals surface area contributed by atoms with Crippen molar-refractivity contribution >= 4 is 17.5 Å². The quantitative estimate of drug-likeness (QED) is 0.623. The van der Waals surface area contributed by atoms with Crippen molar-refractivity contribution in [3.63, 3.8) is 0 Å². The van der Waals surface area contributed by atoms with Gasteiger partial charge in [-0.25, -0.2) is 4.79 Å². The highest BCUT2D eigenvalue weighted by atomic mass is 16.6. The summed E-state index contributed by atoms with van der Waals surface area (Å²) in [6.45, 7) is 1.97. The molecule has 1 aliphatic heterocycles. The van der Waals surface area contributed by atoms with Gasteiger partial charge in [-0.3, -0.25) is 15.0 Å². The predicted octanol–water partition coefficient (Wildman–Crippen LogP) is 1.57. The van der Waals surface area contributed by atoms with Gasteiger partial charge in [-0.15, -0.1) is 0 Å². The highest BCUT2D eigenvalue weighted by Crippen LogP contribution is 2.39. The summed E-state index contributed by atoms with van der Waals surface area (Å²) in [6, 6.07) is 2.95. The minimum Gasteiger partial charge on any atom is -0.502 e. The first-order chi connectivity index (χ1) is 8.02. The Morgan fingerprint density at radius 3 is 2.76 bits per heavy atom. The number of rotatable bonds is 2. The van der Waals surface area contributed by atoms with Crippen LogP contribution in [-0.4, -0.2) is 29.3 Å². The second-order valence-corrected chi connectivity index (χ2v) is 3.62. The molecule has 1 aromatic rings. The van der Waals surface area contributed by atoms with Crippen LogP contribution in [-0.2, 0) is 4.74 Å². The number of cyclic esters (lactones) is 1. The number of amides is 1. The summed E-state index contributed by atoms with van der Waals surface area (Å²) >= 11 is 0. The molecule has 0 spiro atoms. The molecule has 1 saturated heterocycles. The molecule has 0 unspecified atom stereocenters. The molecule has 1 aliphatic rings. The smallest absolute Gasteiger partial charge is 0.414 e. The van der Waals surface area contributed by atoms with E-state index in [1.165, 1.54) is 12.1 Å². The molecule has 0 atom stereocenters. The number of ether oxygens (including phenoxy) is 1. The minimum atomic E-state index is -0.705. The number of anilines is 1. The van der Waals surface area contributed by atoms with Gasteiger partial charge in [0.25, 0.3) is 0 Å². The zero-order valence-electron chi connectivity index (χ0n) is 9.04. The maximum absolute atomic E-state index is 11.3. The molecule has 1 aromatic carbocycles. The van der Waals surface area contributed by atoms with Crippen molar-refractivity contribution in [2.24, 2.45) is 0 Å². The van der Waals surface area contributed by atoms with Crippen molar-refractivity contribution in [1.29, 1.82) is 0 Å². The van der Waals surface area contributed by atoms with E-state index in [2.05, 4.69) is 0 Å². The summed E-state index contributed by atoms with van der Waals surface area (Å²) in [5, 5.41) is 20.6. The van der Waals surface area contributed by atoms with Crippen LogP contribution in [0, 0.1) is 17.0 Å². The third-order valence-corrected chi connectivity index (χ3v) is 2.57. The van der Waals surface area contributed by atoms with E-state index >= 15 is 0 Å². The van der Waals surface area contributed by atoms with E-state index in [9.17, 15) is 20.0 Å². The van der Waals surface area contributed by atoms with Gasteiger partial charge in [0.15, 0.2) is 5.75 Å². The van der Waals surface area contributed by atoms with Gasteiger partial charge in [0.2, 0.25) is 0 Å². The Balaban J connectivity index is 2.57. The van der Waals surface area contributed by atoms with Crippen LogP contribution in [0.1, 0.15) is 5.56 Å². The number of nitro groups is 1. The molecule has 1 fully saturated rings. The second-order valence-electron chi connectivity index (χ2n) is 3.62. The maximum Gasteiger partial charge on any atom is 0.414 e. The molecule has 1 N–H and O–H groups in total. The molecular formula is C10H10N2O5. The van der Waals surface area contributed by atoms with Gasteiger partial charge in [0.05, 0.1) is 11.5 Å². The molecule has 0 radical (unpaired) electrons. The molecule has 90 valence electrons. The van der Waals surface area contributed by atoms with E-state index in [1.807, 2.05) is 0 Å². The Kier molecular flexibility index (Phi) is 2.58. The zero-order chi connectivity index (χ0) is 12.6. The molecule has 2 rings (SSSR count). The fourth-order valence-corrected chi connectivity index (χ4v) is 1.68. The van der Waals surface area contributed by atoms with Gasteiger partial charge in [0.1, 0.15) is 12.3 Å². The van der Waals surface area contributed by atoms with E-state index < -0.39 is 22.5 Å². The first-order valence-corrected chi connectivity index (χ1v) is 4.93. The molecule has 17 heavy (non-hydrogen) atoms. The second kappa shape index (κ2) is 3.93. The van der Waals surface area contributed by atoms with Gasteiger partial charge < -0.3 is 9.84 Å². The Hall–Kier alpha value is -2.31. The van der Waals surface area contributed by atoms with Crippen LogP contribution >= 0.6 is 0 Å². The topological polar surface area (TPSA) is 92.9 Å². The monoisotopic (exact) mass is 238 g/mol. The normalized spacial score (nSPS) is 14.9. The number of hydrogen-bond donors (Lipinski definition) is 1. The number of benzene rings is 1. The van der Waals surface area contributed by atoms with Gasteiger partial charge in [-0.1, -0.05) is 6.07 Å². The summed E-state index contributed by atoms with van der Waals surface area (Å²) in [7, 11) is 0. The standard InChI is InChI=1S/C10H10N2O5/c1-6-2-3-7(8(9(6)13)12(15)16)11-4-5-17-10(11)14/h2-3,13H,4-5H2,1H3. The van der Waals surface area contributed by atoms with Crippen LogP contribution < -0.4 is 4.90 Å². The third kappa shape index (κ3) is 1.75. The van der Waals surface area contributed by atoms with Crippen LogP contribution in [0.3, 0.4) is 0 Å². The summed E-state index contributed by atoms with van der Waals surface area (Å²) in [5.74, 6) is -0.424. The molecule has 0 aliphatic carbocycles. The summed E-state index contributed by atoms with van der Waals surface area (Å²) in [4.78, 5) is 22.7. The number of nitro benzene ring substituents is 1. The van der Waals surface area contributed by atoms with Gasteiger partial charge in [-0.05, 0) is 18.6 Å². The highest BCUT2D eigenvalue weighted by molar-refractivity contribution is 5.93. The number of phenolic OH excluding ortho intramolecular Hbond substituents is 1. The average Bonchev–Trinajstić information content (AvgIpc) is 2.67. The first kappa shape index (κ1) is 11.2. The number of aryl methyl sites for hydroxylation is 1. The number of nitrogens with zero attached hydrogens (tertiary/aromatic N) is 2. The largest absolute Gasteiger partial charge is 0.502 e. The molecule has 0 bridgehead atoms. The highest BCUT2D eigenvalue weighted by Gasteiger charge is 2.32. The molecule has 1 heterocycles. The van der Waals surface area contributed by atoms with E-state index in [-0.39, 0.29) is 18.8 Å². The average molecular weight is 238 g/mol. The Bertz CT molecular complexity index is 500. The molecule has 1 amide bonds. The molecule has 0 saturated carbocycles. The Morgan fingerprint density at radius 2 is 2.24 bits per heavy atom. The fourth-order valence-electron chi connectivity index (χ4n) is 1.68. The lowest BCUT2D eigenvalue weighted by Gasteiger charge is -2.14. The van der Waals surface area contributed by atoms with Crippen molar-refractivity contribution in [3.05, 3.63) is 27.8 Å².